The summed E-state index contributed by atoms with van der Waals surface area (Å²) in [5.41, 5.74) is 0.583. The minimum atomic E-state index is -0.151. The summed E-state index contributed by atoms with van der Waals surface area (Å²) in [6.45, 7) is 2.60. The number of hydrogen-bond acceptors (Lipinski definition) is 4. The lowest BCUT2D eigenvalue weighted by Gasteiger charge is -2.08. The van der Waals surface area contributed by atoms with Crippen LogP contribution in [0.3, 0.4) is 0 Å². The summed E-state index contributed by atoms with van der Waals surface area (Å²) < 4.78 is 11.1. The molecule has 106 valence electrons. The van der Waals surface area contributed by atoms with Crippen LogP contribution in [0.4, 0.5) is 0 Å². The molecule has 0 amide bonds. The number of nitrogens with zero attached hydrogens (tertiary/aromatic N) is 1. The summed E-state index contributed by atoms with van der Waals surface area (Å²) in [5.74, 6) is 1.84. The van der Waals surface area contributed by atoms with Gasteiger partial charge in [-0.05, 0) is 30.7 Å². The van der Waals surface area contributed by atoms with Gasteiger partial charge in [0.05, 0.1) is 18.2 Å². The van der Waals surface area contributed by atoms with Crippen LogP contribution in [0.15, 0.2) is 36.5 Å². The van der Waals surface area contributed by atoms with Gasteiger partial charge in [-0.15, -0.1) is 0 Å². The smallest absolute Gasteiger partial charge is 0.219 e. The largest absolute Gasteiger partial charge is 0.494 e. The molecule has 0 saturated carbocycles. The van der Waals surface area contributed by atoms with Crippen LogP contribution in [0, 0.1) is 0 Å². The number of aliphatic hydroxyl groups is 1. The Hall–Kier alpha value is -1.78. The Bertz CT molecular complexity index is 558. The Morgan fingerprint density at radius 1 is 1.20 bits per heavy atom. The van der Waals surface area contributed by atoms with E-state index in [1.165, 1.54) is 6.20 Å². The third kappa shape index (κ3) is 3.85. The highest BCUT2D eigenvalue weighted by Crippen LogP contribution is 2.25. The molecule has 0 fully saturated rings. The number of aromatic nitrogens is 1. The first-order chi connectivity index (χ1) is 9.72. The lowest BCUT2D eigenvalue weighted by atomic mass is 10.3. The van der Waals surface area contributed by atoms with Crippen molar-refractivity contribution in [2.24, 2.45) is 0 Å². The molecule has 5 heteroatoms. The Morgan fingerprint density at radius 2 is 1.90 bits per heavy atom. The van der Waals surface area contributed by atoms with E-state index in [9.17, 15) is 0 Å². The predicted molar refractivity (Wildman–Crippen MR) is 77.5 cm³/mol. The Labute approximate surface area is 122 Å². The number of benzene rings is 1. The first-order valence-electron chi connectivity index (χ1n) is 6.39. The number of pyridine rings is 1. The molecule has 2 aromatic rings. The fourth-order valence-electron chi connectivity index (χ4n) is 1.58. The van der Waals surface area contributed by atoms with E-state index in [2.05, 4.69) is 11.9 Å². The quantitative estimate of drug-likeness (QED) is 0.880. The van der Waals surface area contributed by atoms with Crippen LogP contribution in [0.25, 0.3) is 0 Å². The molecule has 0 aliphatic heterocycles. The van der Waals surface area contributed by atoms with Crippen LogP contribution < -0.4 is 9.47 Å². The molecule has 20 heavy (non-hydrogen) atoms. The van der Waals surface area contributed by atoms with Crippen molar-refractivity contribution in [3.8, 4) is 17.4 Å². The normalized spacial score (nSPS) is 10.3. The molecule has 0 unspecified atom stereocenters. The topological polar surface area (TPSA) is 51.6 Å². The van der Waals surface area contributed by atoms with Crippen LogP contribution in [-0.4, -0.2) is 16.7 Å². The molecule has 4 nitrogen and oxygen atoms in total. The zero-order chi connectivity index (χ0) is 14.4. The molecule has 1 N–H and O–H groups in total. The SMILES string of the molecule is CCCOc1ccc(Oc2cc(CO)c(Cl)cn2)cc1. The second kappa shape index (κ2) is 7.12. The molecule has 0 aliphatic rings. The van der Waals surface area contributed by atoms with Gasteiger partial charge in [0.1, 0.15) is 11.5 Å². The number of rotatable bonds is 6. The van der Waals surface area contributed by atoms with Gasteiger partial charge in [0, 0.05) is 17.8 Å². The van der Waals surface area contributed by atoms with Crippen molar-refractivity contribution in [1.29, 1.82) is 0 Å². The summed E-state index contributed by atoms with van der Waals surface area (Å²) in [6, 6.07) is 8.91. The van der Waals surface area contributed by atoms with E-state index in [-0.39, 0.29) is 6.61 Å². The van der Waals surface area contributed by atoms with Gasteiger partial charge in [-0.2, -0.15) is 0 Å². The lowest BCUT2D eigenvalue weighted by molar-refractivity contribution is 0.281. The Balaban J connectivity index is 2.06. The molecular weight excluding hydrogens is 278 g/mol. The van der Waals surface area contributed by atoms with Gasteiger partial charge in [-0.25, -0.2) is 4.98 Å². The molecule has 1 aromatic carbocycles. The van der Waals surface area contributed by atoms with Gasteiger partial charge < -0.3 is 14.6 Å². The first kappa shape index (κ1) is 14.6. The minimum absolute atomic E-state index is 0.151. The molecule has 0 saturated heterocycles. The highest BCUT2D eigenvalue weighted by molar-refractivity contribution is 6.31. The fourth-order valence-corrected chi connectivity index (χ4v) is 1.74. The van der Waals surface area contributed by atoms with Gasteiger partial charge in [0.25, 0.3) is 0 Å². The number of hydrogen-bond donors (Lipinski definition) is 1. The highest BCUT2D eigenvalue weighted by Gasteiger charge is 2.05. The third-order valence-electron chi connectivity index (χ3n) is 2.60. The number of halogens is 1. The van der Waals surface area contributed by atoms with Crippen LogP contribution in [-0.2, 0) is 6.61 Å². The average Bonchev–Trinajstić information content (AvgIpc) is 2.48. The summed E-state index contributed by atoms with van der Waals surface area (Å²) in [6.07, 6.45) is 2.43. The van der Waals surface area contributed by atoms with E-state index in [1.807, 2.05) is 12.1 Å². The first-order valence-corrected chi connectivity index (χ1v) is 6.76. The van der Waals surface area contributed by atoms with Gasteiger partial charge >= 0.3 is 0 Å². The highest BCUT2D eigenvalue weighted by atomic mass is 35.5. The van der Waals surface area contributed by atoms with Crippen LogP contribution in [0.2, 0.25) is 5.02 Å². The summed E-state index contributed by atoms with van der Waals surface area (Å²) >= 11 is 5.87. The zero-order valence-corrected chi connectivity index (χ0v) is 11.9. The Morgan fingerprint density at radius 3 is 2.55 bits per heavy atom. The van der Waals surface area contributed by atoms with E-state index in [1.54, 1.807) is 18.2 Å². The summed E-state index contributed by atoms with van der Waals surface area (Å²) in [5, 5.41) is 9.56. The molecule has 0 atom stereocenters. The van der Waals surface area contributed by atoms with Gasteiger partial charge in [-0.3, -0.25) is 0 Å². The second-order valence-corrected chi connectivity index (χ2v) is 4.60. The number of aliphatic hydroxyl groups excluding tert-OH is 1. The van der Waals surface area contributed by atoms with Crippen LogP contribution in [0.5, 0.6) is 17.4 Å². The number of ether oxygens (including phenoxy) is 2. The zero-order valence-electron chi connectivity index (χ0n) is 11.2. The van der Waals surface area contributed by atoms with Gasteiger partial charge in [0.2, 0.25) is 5.88 Å². The van der Waals surface area contributed by atoms with E-state index in [4.69, 9.17) is 26.2 Å². The molecule has 2 rings (SSSR count). The van der Waals surface area contributed by atoms with E-state index in [0.717, 1.165) is 12.2 Å². The molecule has 0 bridgehead atoms. The minimum Gasteiger partial charge on any atom is -0.494 e. The van der Waals surface area contributed by atoms with Crippen molar-refractivity contribution >= 4 is 11.6 Å². The monoisotopic (exact) mass is 293 g/mol. The average molecular weight is 294 g/mol. The second-order valence-electron chi connectivity index (χ2n) is 4.19. The van der Waals surface area contributed by atoms with Gasteiger partial charge in [-0.1, -0.05) is 18.5 Å². The maximum absolute atomic E-state index is 9.14. The predicted octanol–water partition coefficient (Wildman–Crippen LogP) is 3.81. The molecule has 0 spiro atoms. The van der Waals surface area contributed by atoms with Crippen LogP contribution >= 0.6 is 11.6 Å². The van der Waals surface area contributed by atoms with Crippen molar-refractivity contribution in [1.82, 2.24) is 4.98 Å². The van der Waals surface area contributed by atoms with Crippen molar-refractivity contribution in [3.63, 3.8) is 0 Å². The molecule has 1 aromatic heterocycles. The van der Waals surface area contributed by atoms with Crippen molar-refractivity contribution in [2.75, 3.05) is 6.61 Å². The molecular formula is C15H16ClNO3. The molecule has 0 aliphatic carbocycles. The van der Waals surface area contributed by atoms with E-state index >= 15 is 0 Å². The maximum atomic E-state index is 9.14. The summed E-state index contributed by atoms with van der Waals surface area (Å²) in [7, 11) is 0. The maximum Gasteiger partial charge on any atom is 0.219 e. The van der Waals surface area contributed by atoms with Crippen molar-refractivity contribution < 1.29 is 14.6 Å². The van der Waals surface area contributed by atoms with E-state index in [0.29, 0.717) is 28.8 Å². The standard InChI is InChI=1S/C15H16ClNO3/c1-2-7-19-12-3-5-13(6-4-12)20-15-8-11(10-18)14(16)9-17-15/h3-6,8-9,18H,2,7,10H2,1H3. The van der Waals surface area contributed by atoms with Crippen molar-refractivity contribution in [3.05, 3.63) is 47.1 Å². The van der Waals surface area contributed by atoms with Crippen molar-refractivity contribution in [2.45, 2.75) is 20.0 Å². The third-order valence-corrected chi connectivity index (χ3v) is 2.94. The lowest BCUT2D eigenvalue weighted by Crippen LogP contribution is -1.95. The molecule has 1 heterocycles. The van der Waals surface area contributed by atoms with E-state index < -0.39 is 0 Å². The molecule has 0 radical (unpaired) electrons. The Kier molecular flexibility index (Phi) is 5.21. The summed E-state index contributed by atoms with van der Waals surface area (Å²) in [4.78, 5) is 4.06. The fraction of sp³-hybridized carbons (Fsp3) is 0.267. The van der Waals surface area contributed by atoms with Crippen LogP contribution in [0.1, 0.15) is 18.9 Å². The van der Waals surface area contributed by atoms with Gasteiger partial charge in [0.15, 0.2) is 0 Å².